The monoisotopic (exact) mass is 325 g/mol. The van der Waals surface area contributed by atoms with Crippen LogP contribution in [-0.4, -0.2) is 14.3 Å². The highest BCUT2D eigenvalue weighted by molar-refractivity contribution is 7.89. The summed E-state index contributed by atoms with van der Waals surface area (Å²) in [5, 5.41) is 3.18. The summed E-state index contributed by atoms with van der Waals surface area (Å²) in [4.78, 5) is 13.7. The number of amides is 1. The fourth-order valence-corrected chi connectivity index (χ4v) is 2.35. The first-order valence-corrected chi connectivity index (χ1v) is 7.68. The number of nitrogens with two attached hydrogens (primary N) is 1. The van der Waals surface area contributed by atoms with Gasteiger partial charge in [0, 0.05) is 16.3 Å². The number of benzene rings is 2. The molecule has 0 radical (unpaired) electrons. The van der Waals surface area contributed by atoms with Crippen molar-refractivity contribution in [3.05, 3.63) is 59.1 Å². The average Bonchev–Trinajstić information content (AvgIpc) is 2.48. The predicted octanol–water partition coefficient (Wildman–Crippen LogP) is 1.74. The molecule has 0 unspecified atom stereocenters. The fraction of sp³-hybridized carbons (Fsp3) is 0. The Kier molecular flexibility index (Phi) is 4.59. The number of carbonyl (C=O) groups excluding carboxylic acids is 1. The van der Waals surface area contributed by atoms with Crippen LogP contribution in [0.5, 0.6) is 0 Å². The number of anilines is 1. The van der Waals surface area contributed by atoms with Gasteiger partial charge in [0.25, 0.3) is 15.9 Å². The summed E-state index contributed by atoms with van der Waals surface area (Å²) in [6, 6.07) is 12.0. The minimum atomic E-state index is -3.70. The van der Waals surface area contributed by atoms with Gasteiger partial charge in [0.1, 0.15) is 0 Å². The van der Waals surface area contributed by atoms with Crippen LogP contribution < -0.4 is 16.0 Å². The molecule has 0 aliphatic heterocycles. The number of nitrogens with one attached hydrogen (secondary N) is 2. The summed E-state index contributed by atoms with van der Waals surface area (Å²) in [6.45, 7) is 0. The molecule has 0 saturated heterocycles. The molecule has 8 heteroatoms. The molecule has 0 atom stereocenters. The molecule has 2 rings (SSSR count). The van der Waals surface area contributed by atoms with Gasteiger partial charge in [-0.25, -0.2) is 8.42 Å². The molecule has 4 N–H and O–H groups in total. The van der Waals surface area contributed by atoms with E-state index in [2.05, 4.69) is 5.32 Å². The molecule has 1 amide bonds. The summed E-state index contributed by atoms with van der Waals surface area (Å²) in [6.07, 6.45) is 0. The molecule has 21 heavy (non-hydrogen) atoms. The Hall–Kier alpha value is -1.93. The lowest BCUT2D eigenvalue weighted by molar-refractivity contribution is 0.102. The van der Waals surface area contributed by atoms with Gasteiger partial charge in [0.2, 0.25) is 0 Å². The van der Waals surface area contributed by atoms with Gasteiger partial charge >= 0.3 is 0 Å². The van der Waals surface area contributed by atoms with Crippen molar-refractivity contribution in [1.82, 2.24) is 4.83 Å². The normalized spacial score (nSPS) is 11.1. The first kappa shape index (κ1) is 15.5. The predicted molar refractivity (Wildman–Crippen MR) is 80.4 cm³/mol. The maximum atomic E-state index is 12.0. The maximum absolute atomic E-state index is 12.0. The molecule has 2 aromatic rings. The van der Waals surface area contributed by atoms with Gasteiger partial charge in [-0.05, 0) is 48.5 Å². The van der Waals surface area contributed by atoms with Crippen LogP contribution in [0.25, 0.3) is 0 Å². The van der Waals surface area contributed by atoms with Crippen molar-refractivity contribution in [2.24, 2.45) is 5.84 Å². The minimum absolute atomic E-state index is 0.00879. The highest BCUT2D eigenvalue weighted by atomic mass is 35.5. The smallest absolute Gasteiger partial charge is 0.255 e. The Morgan fingerprint density at radius 2 is 1.57 bits per heavy atom. The van der Waals surface area contributed by atoms with Crippen LogP contribution in [0.15, 0.2) is 53.4 Å². The van der Waals surface area contributed by atoms with Gasteiger partial charge in [0.05, 0.1) is 4.90 Å². The molecular formula is C13H12ClN3O3S. The lowest BCUT2D eigenvalue weighted by Crippen LogP contribution is -2.30. The third-order valence-electron chi connectivity index (χ3n) is 2.68. The van der Waals surface area contributed by atoms with Crippen LogP contribution in [0.2, 0.25) is 5.02 Å². The van der Waals surface area contributed by atoms with Crippen LogP contribution in [0, 0.1) is 0 Å². The Balaban J connectivity index is 2.13. The van der Waals surface area contributed by atoms with E-state index in [1.807, 2.05) is 0 Å². The molecule has 0 bridgehead atoms. The van der Waals surface area contributed by atoms with Crippen LogP contribution in [0.1, 0.15) is 10.4 Å². The molecular weight excluding hydrogens is 314 g/mol. The Morgan fingerprint density at radius 1 is 1.00 bits per heavy atom. The Bertz CT molecular complexity index is 743. The first-order valence-electron chi connectivity index (χ1n) is 5.82. The molecule has 2 aromatic carbocycles. The fourth-order valence-electron chi connectivity index (χ4n) is 1.59. The average molecular weight is 326 g/mol. The lowest BCUT2D eigenvalue weighted by Gasteiger charge is -2.07. The molecule has 110 valence electrons. The number of halogens is 1. The van der Waals surface area contributed by atoms with E-state index >= 15 is 0 Å². The number of hydrogen-bond donors (Lipinski definition) is 3. The number of carbonyl (C=O) groups is 1. The molecule has 0 fully saturated rings. The van der Waals surface area contributed by atoms with E-state index in [0.717, 1.165) is 0 Å². The highest BCUT2D eigenvalue weighted by Gasteiger charge is 2.12. The van der Waals surface area contributed by atoms with E-state index in [9.17, 15) is 13.2 Å². The van der Waals surface area contributed by atoms with Crippen molar-refractivity contribution in [3.63, 3.8) is 0 Å². The first-order chi connectivity index (χ1) is 9.92. The molecule has 0 aromatic heterocycles. The van der Waals surface area contributed by atoms with Crippen molar-refractivity contribution in [2.45, 2.75) is 4.90 Å². The van der Waals surface area contributed by atoms with Gasteiger partial charge in [0.15, 0.2) is 0 Å². The summed E-state index contributed by atoms with van der Waals surface area (Å²) in [7, 11) is -3.70. The van der Waals surface area contributed by atoms with Crippen LogP contribution in [0.4, 0.5) is 5.69 Å². The third kappa shape index (κ3) is 3.79. The van der Waals surface area contributed by atoms with Crippen LogP contribution >= 0.6 is 11.6 Å². The second-order valence-corrected chi connectivity index (χ2v) is 6.26. The Labute approximate surface area is 126 Å². The van der Waals surface area contributed by atoms with Crippen molar-refractivity contribution in [1.29, 1.82) is 0 Å². The quantitative estimate of drug-likeness (QED) is 0.588. The lowest BCUT2D eigenvalue weighted by atomic mass is 10.2. The molecule has 0 heterocycles. The summed E-state index contributed by atoms with van der Waals surface area (Å²) in [5.41, 5.74) is 0.908. The van der Waals surface area contributed by atoms with E-state index < -0.39 is 10.0 Å². The van der Waals surface area contributed by atoms with Gasteiger partial charge in [-0.3, -0.25) is 10.6 Å². The summed E-state index contributed by atoms with van der Waals surface area (Å²) in [5.74, 6) is 4.61. The van der Waals surface area contributed by atoms with Crippen molar-refractivity contribution in [3.8, 4) is 0 Å². The zero-order valence-electron chi connectivity index (χ0n) is 10.7. The Morgan fingerprint density at radius 3 is 2.10 bits per heavy atom. The van der Waals surface area contributed by atoms with Crippen LogP contribution in [-0.2, 0) is 10.0 Å². The van der Waals surface area contributed by atoms with E-state index in [0.29, 0.717) is 16.3 Å². The summed E-state index contributed by atoms with van der Waals surface area (Å²) >= 11 is 5.75. The van der Waals surface area contributed by atoms with Crippen molar-refractivity contribution >= 4 is 33.2 Å². The van der Waals surface area contributed by atoms with Crippen molar-refractivity contribution in [2.75, 3.05) is 5.32 Å². The topological polar surface area (TPSA) is 101 Å². The van der Waals surface area contributed by atoms with E-state index in [-0.39, 0.29) is 10.8 Å². The van der Waals surface area contributed by atoms with Crippen LogP contribution in [0.3, 0.4) is 0 Å². The second-order valence-electron chi connectivity index (χ2n) is 4.11. The standard InChI is InChI=1S/C13H12ClN3O3S/c14-10-3-1-9(2-4-10)13(18)16-11-5-7-12(8-6-11)21(19,20)17-15/h1-8,17H,15H2,(H,16,18). The van der Waals surface area contributed by atoms with Gasteiger partial charge in [-0.1, -0.05) is 11.6 Å². The van der Waals surface area contributed by atoms with Crippen molar-refractivity contribution < 1.29 is 13.2 Å². The molecule has 0 spiro atoms. The van der Waals surface area contributed by atoms with Gasteiger partial charge in [-0.15, -0.1) is 0 Å². The third-order valence-corrected chi connectivity index (χ3v) is 4.14. The van der Waals surface area contributed by atoms with E-state index in [4.69, 9.17) is 17.4 Å². The number of hydrazine groups is 1. The van der Waals surface area contributed by atoms with E-state index in [1.165, 1.54) is 24.3 Å². The number of rotatable bonds is 4. The van der Waals surface area contributed by atoms with Gasteiger partial charge in [-0.2, -0.15) is 4.83 Å². The molecule has 0 aliphatic carbocycles. The molecule has 0 saturated carbocycles. The van der Waals surface area contributed by atoms with E-state index in [1.54, 1.807) is 29.1 Å². The zero-order chi connectivity index (χ0) is 15.5. The minimum Gasteiger partial charge on any atom is -0.322 e. The van der Waals surface area contributed by atoms with Gasteiger partial charge < -0.3 is 5.32 Å². The largest absolute Gasteiger partial charge is 0.322 e. The molecule has 6 nitrogen and oxygen atoms in total. The second kappa shape index (κ2) is 6.23. The number of sulfonamides is 1. The highest BCUT2D eigenvalue weighted by Crippen LogP contribution is 2.15. The zero-order valence-corrected chi connectivity index (χ0v) is 12.3. The maximum Gasteiger partial charge on any atom is 0.255 e. The number of hydrogen-bond acceptors (Lipinski definition) is 4. The molecule has 0 aliphatic rings. The SMILES string of the molecule is NNS(=O)(=O)c1ccc(NC(=O)c2ccc(Cl)cc2)cc1. The summed E-state index contributed by atoms with van der Waals surface area (Å²) < 4.78 is 22.9.